The molecule has 0 saturated heterocycles. The van der Waals surface area contributed by atoms with E-state index in [1.807, 2.05) is 6.26 Å². The van der Waals surface area contributed by atoms with Crippen molar-refractivity contribution in [1.29, 1.82) is 0 Å². The van der Waals surface area contributed by atoms with Crippen molar-refractivity contribution in [3.63, 3.8) is 0 Å². The highest BCUT2D eigenvalue weighted by molar-refractivity contribution is 7.98. The fourth-order valence-corrected chi connectivity index (χ4v) is 4.52. The maximum Gasteiger partial charge on any atom is 0.322 e. The number of thioether (sulfide) groups is 2. The van der Waals surface area contributed by atoms with E-state index in [9.17, 15) is 38.4 Å². The normalized spacial score (nSPS) is 12.4. The van der Waals surface area contributed by atoms with Crippen molar-refractivity contribution in [3.8, 4) is 0 Å². The second-order valence-electron chi connectivity index (χ2n) is 9.74. The van der Waals surface area contributed by atoms with E-state index in [4.69, 9.17) is 16.6 Å². The van der Waals surface area contributed by atoms with Crippen molar-refractivity contribution in [2.75, 3.05) is 63.3 Å². The maximum atomic E-state index is 13.4. The van der Waals surface area contributed by atoms with Gasteiger partial charge in [-0.25, -0.2) is 0 Å². The number of unbranched alkanes of at least 4 members (excludes halogenated alkanes) is 1. The Morgan fingerprint density at radius 2 is 1.02 bits per heavy atom. The van der Waals surface area contributed by atoms with Gasteiger partial charge in [-0.2, -0.15) is 23.5 Å². The van der Waals surface area contributed by atoms with E-state index in [-0.39, 0.29) is 32.4 Å². The summed E-state index contributed by atoms with van der Waals surface area (Å²) in [6.45, 7) is -1.97. The molecule has 0 spiro atoms. The van der Waals surface area contributed by atoms with Crippen molar-refractivity contribution in [1.82, 2.24) is 37.2 Å². The van der Waals surface area contributed by atoms with Gasteiger partial charge < -0.3 is 53.8 Å². The van der Waals surface area contributed by atoms with E-state index in [1.165, 1.54) is 23.5 Å². The van der Waals surface area contributed by atoms with E-state index in [1.54, 1.807) is 6.26 Å². The number of carbonyl (C=O) groups is 8. The largest absolute Gasteiger partial charge is 0.480 e. The summed E-state index contributed by atoms with van der Waals surface area (Å²) in [7, 11) is 0. The van der Waals surface area contributed by atoms with Crippen molar-refractivity contribution in [3.05, 3.63) is 0 Å². The predicted octanol–water partition coefficient (Wildman–Crippen LogP) is -4.42. The number of carboxylic acid groups (broad SMARTS) is 1. The molecule has 0 aromatic carbocycles. The summed E-state index contributed by atoms with van der Waals surface area (Å²) in [5, 5.41) is 25.5. The Labute approximate surface area is 276 Å². The van der Waals surface area contributed by atoms with Crippen molar-refractivity contribution in [2.24, 2.45) is 11.5 Å². The molecule has 12 N–H and O–H groups in total. The van der Waals surface area contributed by atoms with E-state index in [0.717, 1.165) is 0 Å². The molecule has 0 unspecified atom stereocenters. The minimum absolute atomic E-state index is 0.188. The van der Waals surface area contributed by atoms with Crippen LogP contribution in [-0.2, 0) is 38.4 Å². The third-order valence-corrected chi connectivity index (χ3v) is 7.31. The molecular formula is C26H47N9O9S2. The standard InChI is InChI=1S/C26H47N9O9S2/c1-45-9-6-17(24(42)32-13-21(38)30-12-20(37)31-15-23(40)41)35-25(43)16(5-3-4-8-27)34-26(44)18(7-10-46-2)33-22(39)14-29-19(36)11-28/h16-18H,3-15,27-28H2,1-2H3,(H,29,36)(H,30,38)(H,31,37)(H,32,42)(H,33,39)(H,34,44)(H,35,43)(H,40,41)/t16-,17-,18-/m0/s1. The van der Waals surface area contributed by atoms with Crippen LogP contribution in [0.25, 0.3) is 0 Å². The quantitative estimate of drug-likeness (QED) is 0.0405. The lowest BCUT2D eigenvalue weighted by Crippen LogP contribution is -2.57. The van der Waals surface area contributed by atoms with Gasteiger partial charge in [0.1, 0.15) is 24.7 Å². The molecule has 0 saturated carbocycles. The second kappa shape index (κ2) is 25.6. The summed E-state index contributed by atoms with van der Waals surface area (Å²) in [5.74, 6) is -4.85. The first kappa shape index (κ1) is 42.4. The minimum atomic E-state index is -1.25. The third-order valence-electron chi connectivity index (χ3n) is 6.02. The Bertz CT molecular complexity index is 1040. The number of nitrogens with one attached hydrogen (secondary N) is 7. The molecule has 0 aliphatic heterocycles. The van der Waals surface area contributed by atoms with Crippen LogP contribution in [0.4, 0.5) is 0 Å². The van der Waals surface area contributed by atoms with Gasteiger partial charge >= 0.3 is 5.97 Å². The Morgan fingerprint density at radius 3 is 1.52 bits per heavy atom. The van der Waals surface area contributed by atoms with Gasteiger partial charge in [-0.3, -0.25) is 38.4 Å². The lowest BCUT2D eigenvalue weighted by Gasteiger charge is -2.25. The van der Waals surface area contributed by atoms with Gasteiger partial charge in [0.2, 0.25) is 41.4 Å². The molecule has 0 aliphatic rings. The summed E-state index contributed by atoms with van der Waals surface area (Å²) < 4.78 is 0. The summed E-state index contributed by atoms with van der Waals surface area (Å²) in [6.07, 6.45) is 5.29. The van der Waals surface area contributed by atoms with Gasteiger partial charge in [-0.1, -0.05) is 0 Å². The first-order valence-corrected chi connectivity index (χ1v) is 17.2. The number of amides is 7. The van der Waals surface area contributed by atoms with Gasteiger partial charge in [0.25, 0.3) is 0 Å². The summed E-state index contributed by atoms with van der Waals surface area (Å²) in [5.41, 5.74) is 10.8. The van der Waals surface area contributed by atoms with Crippen LogP contribution >= 0.6 is 23.5 Å². The monoisotopic (exact) mass is 693 g/mol. The van der Waals surface area contributed by atoms with Crippen LogP contribution in [0, 0.1) is 0 Å². The molecule has 262 valence electrons. The minimum Gasteiger partial charge on any atom is -0.480 e. The van der Waals surface area contributed by atoms with Crippen LogP contribution in [0.5, 0.6) is 0 Å². The zero-order valence-corrected chi connectivity index (χ0v) is 27.7. The molecule has 0 heterocycles. The number of hydrogen-bond donors (Lipinski definition) is 10. The zero-order chi connectivity index (χ0) is 34.9. The number of carbonyl (C=O) groups excluding carboxylic acids is 7. The molecular weight excluding hydrogens is 646 g/mol. The lowest BCUT2D eigenvalue weighted by atomic mass is 10.1. The van der Waals surface area contributed by atoms with E-state index in [0.29, 0.717) is 30.9 Å². The Morgan fingerprint density at radius 1 is 0.565 bits per heavy atom. The van der Waals surface area contributed by atoms with Crippen LogP contribution < -0.4 is 48.7 Å². The smallest absolute Gasteiger partial charge is 0.322 e. The molecule has 20 heteroatoms. The lowest BCUT2D eigenvalue weighted by molar-refractivity contribution is -0.138. The molecule has 0 fully saturated rings. The average Bonchev–Trinajstić information content (AvgIpc) is 3.03. The van der Waals surface area contributed by atoms with Crippen LogP contribution in [0.2, 0.25) is 0 Å². The second-order valence-corrected chi connectivity index (χ2v) is 11.7. The topological polar surface area (TPSA) is 293 Å². The first-order valence-electron chi connectivity index (χ1n) is 14.5. The highest BCUT2D eigenvalue weighted by atomic mass is 32.2. The van der Waals surface area contributed by atoms with Gasteiger partial charge in [0.05, 0.1) is 26.2 Å². The zero-order valence-electron chi connectivity index (χ0n) is 26.1. The molecule has 0 bridgehead atoms. The third kappa shape index (κ3) is 20.4. The predicted molar refractivity (Wildman–Crippen MR) is 173 cm³/mol. The molecule has 0 aliphatic carbocycles. The van der Waals surface area contributed by atoms with Crippen LogP contribution in [-0.4, -0.2) is 134 Å². The number of aliphatic carboxylic acids is 1. The fraction of sp³-hybridized carbons (Fsp3) is 0.692. The van der Waals surface area contributed by atoms with E-state index in [2.05, 4.69) is 37.2 Å². The highest BCUT2D eigenvalue weighted by Gasteiger charge is 2.29. The molecule has 18 nitrogen and oxygen atoms in total. The van der Waals surface area contributed by atoms with Gasteiger partial charge in [0, 0.05) is 0 Å². The number of hydrogen-bond acceptors (Lipinski definition) is 12. The first-order chi connectivity index (χ1) is 21.9. The number of nitrogens with two attached hydrogens (primary N) is 2. The maximum absolute atomic E-state index is 13.4. The summed E-state index contributed by atoms with van der Waals surface area (Å²) in [4.78, 5) is 97.5. The highest BCUT2D eigenvalue weighted by Crippen LogP contribution is 2.07. The number of carboxylic acids is 1. The van der Waals surface area contributed by atoms with Gasteiger partial charge in [-0.15, -0.1) is 0 Å². The van der Waals surface area contributed by atoms with Crippen molar-refractivity contribution in [2.45, 2.75) is 50.2 Å². The summed E-state index contributed by atoms with van der Waals surface area (Å²) in [6, 6.07) is -3.17. The average molecular weight is 694 g/mol. The molecule has 0 aromatic heterocycles. The fourth-order valence-electron chi connectivity index (χ4n) is 3.58. The van der Waals surface area contributed by atoms with E-state index < -0.39 is 85.1 Å². The Kier molecular flexibility index (Phi) is 23.5. The molecule has 3 atom stereocenters. The summed E-state index contributed by atoms with van der Waals surface area (Å²) >= 11 is 2.87. The SMILES string of the molecule is CSCC[C@H](NC(=O)CNC(=O)CN)C(=O)N[C@@H](CCCCN)C(=O)N[C@@H](CCSC)C(=O)NCC(=O)NCC(=O)NCC(=O)O. The van der Waals surface area contributed by atoms with Crippen molar-refractivity contribution >= 4 is 70.8 Å². The number of rotatable bonds is 25. The Hall–Kier alpha value is -3.62. The molecule has 0 radical (unpaired) electrons. The Balaban J connectivity index is 5.48. The van der Waals surface area contributed by atoms with Gasteiger partial charge in [-0.05, 0) is 62.7 Å². The molecule has 0 aromatic rings. The van der Waals surface area contributed by atoms with Crippen LogP contribution in [0.15, 0.2) is 0 Å². The van der Waals surface area contributed by atoms with E-state index >= 15 is 0 Å². The molecule has 46 heavy (non-hydrogen) atoms. The van der Waals surface area contributed by atoms with Crippen LogP contribution in [0.3, 0.4) is 0 Å². The van der Waals surface area contributed by atoms with Crippen LogP contribution in [0.1, 0.15) is 32.1 Å². The molecule has 7 amide bonds. The van der Waals surface area contributed by atoms with Crippen molar-refractivity contribution < 1.29 is 43.5 Å². The molecule has 0 rings (SSSR count). The van der Waals surface area contributed by atoms with Gasteiger partial charge in [0.15, 0.2) is 0 Å².